The van der Waals surface area contributed by atoms with Crippen LogP contribution in [0.25, 0.3) is 11.1 Å². The molecule has 36 heavy (non-hydrogen) atoms. The molecule has 1 aliphatic heterocycles. The molecule has 2 N–H and O–H groups in total. The maximum absolute atomic E-state index is 12.4. The highest BCUT2D eigenvalue weighted by Gasteiger charge is 2.35. The Morgan fingerprint density at radius 1 is 1.11 bits per heavy atom. The van der Waals surface area contributed by atoms with E-state index in [0.717, 1.165) is 22.3 Å². The maximum Gasteiger partial charge on any atom is 0.302 e. The van der Waals surface area contributed by atoms with Crippen LogP contribution in [0.2, 0.25) is 0 Å². The van der Waals surface area contributed by atoms with Gasteiger partial charge in [0.15, 0.2) is 0 Å². The maximum atomic E-state index is 12.4. The molecule has 192 valence electrons. The molecule has 0 spiro atoms. The standard InChI is InChI=1S/C24H24N2O5.CH4O3S/c1-14-11-23(29)26(24(14)30)10-9-22(28)25-16-7-8-19-17-5-3-4-6-18(17)21(20(19)12-16)13-31-15(2)27;1-5(2,3)4/h3-8,12,14,21H,9-11,13H2,1-2H3,(H,25,28);1H3,(H,2,3,4). The number of nitrogens with zero attached hydrogens (tertiary/aromatic N) is 1. The molecule has 2 unspecified atom stereocenters. The van der Waals surface area contributed by atoms with E-state index in [4.69, 9.17) is 9.29 Å². The molecule has 2 aromatic carbocycles. The fourth-order valence-electron chi connectivity index (χ4n) is 4.29. The minimum absolute atomic E-state index is 0.0401. The first-order valence-electron chi connectivity index (χ1n) is 11.3. The number of nitrogens with one attached hydrogen (secondary N) is 1. The van der Waals surface area contributed by atoms with Crippen LogP contribution in [0.15, 0.2) is 42.5 Å². The summed E-state index contributed by atoms with van der Waals surface area (Å²) in [6.45, 7) is 3.41. The molecule has 1 saturated heterocycles. The van der Waals surface area contributed by atoms with E-state index in [2.05, 4.69) is 5.32 Å². The van der Waals surface area contributed by atoms with Crippen molar-refractivity contribution in [1.82, 2.24) is 4.90 Å². The van der Waals surface area contributed by atoms with Gasteiger partial charge in [-0.25, -0.2) is 0 Å². The summed E-state index contributed by atoms with van der Waals surface area (Å²) < 4.78 is 31.2. The third-order valence-corrected chi connectivity index (χ3v) is 5.82. The quantitative estimate of drug-likeness (QED) is 0.338. The number of rotatable bonds is 6. The lowest BCUT2D eigenvalue weighted by Crippen LogP contribution is -2.33. The number of fused-ring (bicyclic) bond motifs is 3. The second-order valence-electron chi connectivity index (χ2n) is 8.76. The SMILES string of the molecule is CC(=O)OCC1c2ccccc2-c2ccc(NC(=O)CCN3C(=O)CC(C)C3=O)cc21.CS(=O)(=O)O. The molecule has 0 bridgehead atoms. The predicted molar refractivity (Wildman–Crippen MR) is 132 cm³/mol. The molecule has 0 radical (unpaired) electrons. The summed E-state index contributed by atoms with van der Waals surface area (Å²) in [5, 5.41) is 2.85. The molecular formula is C25H28N2O8S. The Bertz CT molecular complexity index is 1300. The van der Waals surface area contributed by atoms with Gasteiger partial charge < -0.3 is 10.1 Å². The number of carbonyl (C=O) groups is 4. The van der Waals surface area contributed by atoms with Crippen LogP contribution in [0.1, 0.15) is 43.7 Å². The third kappa shape index (κ3) is 6.76. The van der Waals surface area contributed by atoms with E-state index < -0.39 is 10.1 Å². The Balaban J connectivity index is 0.000000658. The van der Waals surface area contributed by atoms with Crippen molar-refractivity contribution >= 4 is 39.5 Å². The van der Waals surface area contributed by atoms with Gasteiger partial charge in [-0.05, 0) is 34.4 Å². The van der Waals surface area contributed by atoms with E-state index >= 15 is 0 Å². The van der Waals surface area contributed by atoms with Crippen molar-refractivity contribution in [2.45, 2.75) is 32.6 Å². The number of benzene rings is 2. The van der Waals surface area contributed by atoms with Gasteiger partial charge in [-0.1, -0.05) is 37.3 Å². The highest BCUT2D eigenvalue weighted by molar-refractivity contribution is 7.85. The molecule has 2 atom stereocenters. The lowest BCUT2D eigenvalue weighted by Gasteiger charge is -2.16. The van der Waals surface area contributed by atoms with Gasteiger partial charge in [0, 0.05) is 43.8 Å². The van der Waals surface area contributed by atoms with Crippen LogP contribution >= 0.6 is 0 Å². The van der Waals surface area contributed by atoms with Crippen molar-refractivity contribution in [3.63, 3.8) is 0 Å². The Labute approximate surface area is 209 Å². The van der Waals surface area contributed by atoms with E-state index in [9.17, 15) is 27.6 Å². The molecule has 11 heteroatoms. The summed E-state index contributed by atoms with van der Waals surface area (Å²) in [6.07, 6.45) is 0.959. The second-order valence-corrected chi connectivity index (χ2v) is 10.2. The Morgan fingerprint density at radius 3 is 2.36 bits per heavy atom. The van der Waals surface area contributed by atoms with Gasteiger partial charge in [-0.3, -0.25) is 28.6 Å². The smallest absolute Gasteiger partial charge is 0.302 e. The molecule has 4 rings (SSSR count). The summed E-state index contributed by atoms with van der Waals surface area (Å²) in [5.41, 5.74) is 4.83. The number of imide groups is 1. The summed E-state index contributed by atoms with van der Waals surface area (Å²) >= 11 is 0. The van der Waals surface area contributed by atoms with Crippen molar-refractivity contribution in [3.05, 3.63) is 53.6 Å². The number of likely N-dealkylation sites (tertiary alicyclic amines) is 1. The second kappa shape index (κ2) is 11.0. The molecule has 1 aliphatic carbocycles. The van der Waals surface area contributed by atoms with E-state index in [-0.39, 0.29) is 61.5 Å². The van der Waals surface area contributed by atoms with Crippen molar-refractivity contribution in [2.24, 2.45) is 5.92 Å². The first-order chi connectivity index (χ1) is 16.8. The number of ether oxygens (including phenoxy) is 1. The topological polar surface area (TPSA) is 147 Å². The Morgan fingerprint density at radius 2 is 1.75 bits per heavy atom. The minimum atomic E-state index is -3.67. The van der Waals surface area contributed by atoms with E-state index in [1.807, 2.05) is 42.5 Å². The summed E-state index contributed by atoms with van der Waals surface area (Å²) in [6, 6.07) is 13.7. The van der Waals surface area contributed by atoms with Gasteiger partial charge in [0.25, 0.3) is 10.1 Å². The van der Waals surface area contributed by atoms with Gasteiger partial charge in [0.1, 0.15) is 6.61 Å². The Hall–Kier alpha value is -3.57. The summed E-state index contributed by atoms with van der Waals surface area (Å²) in [5.74, 6) is -1.48. The lowest BCUT2D eigenvalue weighted by atomic mass is 9.97. The fourth-order valence-corrected chi connectivity index (χ4v) is 4.29. The Kier molecular flexibility index (Phi) is 8.26. The van der Waals surface area contributed by atoms with Gasteiger partial charge >= 0.3 is 5.97 Å². The molecule has 2 aliphatic rings. The summed E-state index contributed by atoms with van der Waals surface area (Å²) in [7, 11) is -3.67. The molecule has 0 saturated carbocycles. The number of amides is 3. The van der Waals surface area contributed by atoms with Crippen molar-refractivity contribution in [1.29, 1.82) is 0 Å². The molecule has 2 aromatic rings. The number of hydrogen-bond acceptors (Lipinski definition) is 7. The summed E-state index contributed by atoms with van der Waals surface area (Å²) in [4.78, 5) is 48.9. The average molecular weight is 517 g/mol. The predicted octanol–water partition coefficient (Wildman–Crippen LogP) is 2.59. The van der Waals surface area contributed by atoms with Crippen molar-refractivity contribution in [2.75, 3.05) is 24.7 Å². The number of anilines is 1. The molecular weight excluding hydrogens is 488 g/mol. The zero-order chi connectivity index (χ0) is 26.6. The molecule has 1 fully saturated rings. The van der Waals surface area contributed by atoms with E-state index in [0.29, 0.717) is 11.9 Å². The molecule has 1 heterocycles. The fraction of sp³-hybridized carbons (Fsp3) is 0.360. The third-order valence-electron chi connectivity index (χ3n) is 5.82. The number of esters is 1. The number of carbonyl (C=O) groups excluding carboxylic acids is 4. The van der Waals surface area contributed by atoms with E-state index in [1.165, 1.54) is 11.8 Å². The van der Waals surface area contributed by atoms with Crippen LogP contribution in [0.4, 0.5) is 5.69 Å². The molecule has 10 nitrogen and oxygen atoms in total. The van der Waals surface area contributed by atoms with Crippen LogP contribution in [0.5, 0.6) is 0 Å². The molecule has 3 amide bonds. The monoisotopic (exact) mass is 516 g/mol. The van der Waals surface area contributed by atoms with E-state index in [1.54, 1.807) is 6.92 Å². The minimum Gasteiger partial charge on any atom is -0.465 e. The number of hydrogen-bond donors (Lipinski definition) is 2. The van der Waals surface area contributed by atoms with Crippen LogP contribution < -0.4 is 5.32 Å². The van der Waals surface area contributed by atoms with Crippen LogP contribution in [-0.2, 0) is 34.0 Å². The lowest BCUT2D eigenvalue weighted by molar-refractivity contribution is -0.141. The zero-order valence-corrected chi connectivity index (χ0v) is 21.0. The highest BCUT2D eigenvalue weighted by Crippen LogP contribution is 2.45. The zero-order valence-electron chi connectivity index (χ0n) is 20.2. The highest BCUT2D eigenvalue weighted by atomic mass is 32.2. The van der Waals surface area contributed by atoms with Crippen LogP contribution in [0, 0.1) is 5.92 Å². The van der Waals surface area contributed by atoms with Crippen molar-refractivity contribution in [3.8, 4) is 11.1 Å². The molecule has 0 aromatic heterocycles. The van der Waals surface area contributed by atoms with Gasteiger partial charge in [-0.15, -0.1) is 0 Å². The van der Waals surface area contributed by atoms with Gasteiger partial charge in [-0.2, -0.15) is 8.42 Å². The van der Waals surface area contributed by atoms with Crippen molar-refractivity contribution < 1.29 is 36.9 Å². The van der Waals surface area contributed by atoms with Crippen LogP contribution in [0.3, 0.4) is 0 Å². The first kappa shape index (κ1) is 27.0. The first-order valence-corrected chi connectivity index (χ1v) is 13.1. The average Bonchev–Trinajstić information content (AvgIpc) is 3.22. The normalized spacial score (nSPS) is 18.2. The van der Waals surface area contributed by atoms with Gasteiger partial charge in [0.2, 0.25) is 17.7 Å². The largest absolute Gasteiger partial charge is 0.465 e. The van der Waals surface area contributed by atoms with Crippen LogP contribution in [-0.4, -0.2) is 61.0 Å². The van der Waals surface area contributed by atoms with Gasteiger partial charge in [0.05, 0.1) is 6.26 Å².